The molecule has 0 saturated heterocycles. The highest BCUT2D eigenvalue weighted by molar-refractivity contribution is 7.80. The Kier molecular flexibility index (Phi) is 5.50. The largest absolute Gasteiger partial charge is 0.331 e. The van der Waals surface area contributed by atoms with E-state index in [0.717, 1.165) is 32.0 Å². The Labute approximate surface area is 177 Å². The van der Waals surface area contributed by atoms with Gasteiger partial charge in [0, 0.05) is 16.8 Å². The lowest BCUT2D eigenvalue weighted by Crippen LogP contribution is -2.43. The Hall–Kier alpha value is -3.29. The van der Waals surface area contributed by atoms with Crippen LogP contribution in [0, 0.1) is 6.92 Å². The summed E-state index contributed by atoms with van der Waals surface area (Å²) in [4.78, 5) is 17.0. The van der Waals surface area contributed by atoms with Gasteiger partial charge in [0.2, 0.25) is 0 Å². The van der Waals surface area contributed by atoms with Crippen LogP contribution in [-0.2, 0) is 0 Å². The van der Waals surface area contributed by atoms with Gasteiger partial charge in [-0.1, -0.05) is 42.0 Å². The molecule has 0 saturated carbocycles. The molecule has 144 valence electrons. The van der Waals surface area contributed by atoms with Gasteiger partial charge >= 0.3 is 0 Å². The number of thiocarbonyl (C=S) groups is 1. The Balaban J connectivity index is 1.36. The molecule has 0 spiro atoms. The van der Waals surface area contributed by atoms with Crippen LogP contribution in [0.3, 0.4) is 0 Å². The summed E-state index contributed by atoms with van der Waals surface area (Å²) in [6, 6.07) is 23.2. The molecule has 0 aliphatic rings. The molecule has 3 aromatic carbocycles. The lowest BCUT2D eigenvalue weighted by atomic mass is 10.1. The van der Waals surface area contributed by atoms with Crippen LogP contribution in [0.1, 0.15) is 15.9 Å². The number of anilines is 1. The molecule has 4 rings (SSSR count). The Bertz CT molecular complexity index is 1130. The van der Waals surface area contributed by atoms with Crippen molar-refractivity contribution in [2.24, 2.45) is 0 Å². The summed E-state index contributed by atoms with van der Waals surface area (Å²) in [7, 11) is 0. The summed E-state index contributed by atoms with van der Waals surface area (Å²) in [5.41, 5.74) is 9.82. The third-order valence-electron chi connectivity index (χ3n) is 4.29. The highest BCUT2D eigenvalue weighted by Crippen LogP contribution is 2.29. The average Bonchev–Trinajstić information content (AvgIpc) is 3.18. The summed E-state index contributed by atoms with van der Waals surface area (Å²) >= 11 is 6.84. The van der Waals surface area contributed by atoms with Gasteiger partial charge < -0.3 is 5.32 Å². The highest BCUT2D eigenvalue weighted by Gasteiger charge is 2.09. The first-order chi connectivity index (χ1) is 14.1. The zero-order valence-electron chi connectivity index (χ0n) is 15.6. The van der Waals surface area contributed by atoms with E-state index in [1.165, 1.54) is 0 Å². The van der Waals surface area contributed by atoms with Crippen molar-refractivity contribution in [1.29, 1.82) is 0 Å². The Morgan fingerprint density at radius 3 is 2.38 bits per heavy atom. The minimum absolute atomic E-state index is 0.270. The number of aryl methyl sites for hydroxylation is 1. The molecule has 0 fully saturated rings. The lowest BCUT2D eigenvalue weighted by Gasteiger charge is -2.12. The molecule has 0 atom stereocenters. The molecule has 7 heteroatoms. The molecule has 0 bridgehead atoms. The number of carbonyl (C=O) groups is 1. The minimum atomic E-state index is -0.270. The first-order valence-corrected chi connectivity index (χ1v) is 10.2. The molecule has 3 N–H and O–H groups in total. The maximum Gasteiger partial charge on any atom is 0.269 e. The van der Waals surface area contributed by atoms with Crippen molar-refractivity contribution in [2.75, 3.05) is 5.32 Å². The third-order valence-corrected chi connectivity index (χ3v) is 5.58. The van der Waals surface area contributed by atoms with Crippen LogP contribution < -0.4 is 16.2 Å². The zero-order chi connectivity index (χ0) is 20.2. The van der Waals surface area contributed by atoms with Crippen LogP contribution in [0.15, 0.2) is 72.8 Å². The third kappa shape index (κ3) is 4.59. The molecule has 1 amide bonds. The first-order valence-electron chi connectivity index (χ1n) is 8.98. The summed E-state index contributed by atoms with van der Waals surface area (Å²) in [6.45, 7) is 2.02. The van der Waals surface area contributed by atoms with Crippen LogP contribution in [-0.4, -0.2) is 16.0 Å². The summed E-state index contributed by atoms with van der Waals surface area (Å²) in [5.74, 6) is -0.270. The van der Waals surface area contributed by atoms with E-state index >= 15 is 0 Å². The van der Waals surface area contributed by atoms with Crippen molar-refractivity contribution < 1.29 is 4.79 Å². The topological polar surface area (TPSA) is 66.0 Å². The average molecular weight is 419 g/mol. The van der Waals surface area contributed by atoms with Gasteiger partial charge in [0.05, 0.1) is 10.2 Å². The number of amides is 1. The number of fused-ring (bicyclic) bond motifs is 1. The van der Waals surface area contributed by atoms with E-state index < -0.39 is 0 Å². The quantitative estimate of drug-likeness (QED) is 0.326. The van der Waals surface area contributed by atoms with Crippen LogP contribution >= 0.6 is 23.6 Å². The Morgan fingerprint density at radius 2 is 1.66 bits per heavy atom. The van der Waals surface area contributed by atoms with E-state index in [1.54, 1.807) is 23.5 Å². The number of hydrazine groups is 1. The molecule has 1 aromatic heterocycles. The number of hydrogen-bond acceptors (Lipinski definition) is 4. The minimum Gasteiger partial charge on any atom is -0.331 e. The van der Waals surface area contributed by atoms with E-state index in [1.807, 2.05) is 61.5 Å². The second kappa shape index (κ2) is 8.38. The van der Waals surface area contributed by atoms with Gasteiger partial charge in [-0.05, 0) is 55.5 Å². The molecule has 0 aliphatic carbocycles. The van der Waals surface area contributed by atoms with Crippen molar-refractivity contribution >= 4 is 50.5 Å². The van der Waals surface area contributed by atoms with E-state index in [9.17, 15) is 4.79 Å². The van der Waals surface area contributed by atoms with Crippen LogP contribution in [0.25, 0.3) is 20.8 Å². The number of para-hydroxylation sites is 1. The standard InChI is InChI=1S/C22H18N4OS2/c1-14-6-12-17(13-7-14)23-22(28)26-25-20(27)15-8-10-16(11-9-15)21-24-18-4-2-3-5-19(18)29-21/h2-13H,1H3,(H,25,27)(H2,23,26,28). The Morgan fingerprint density at radius 1 is 0.931 bits per heavy atom. The summed E-state index contributed by atoms with van der Waals surface area (Å²) in [6.07, 6.45) is 0. The number of benzene rings is 3. The van der Waals surface area contributed by atoms with Gasteiger partial charge in [0.25, 0.3) is 5.91 Å². The predicted molar refractivity (Wildman–Crippen MR) is 123 cm³/mol. The number of nitrogens with one attached hydrogen (secondary N) is 3. The number of carbonyl (C=O) groups excluding carboxylic acids is 1. The second-order valence-corrected chi connectivity index (χ2v) is 7.90. The van der Waals surface area contributed by atoms with Crippen LogP contribution in [0.4, 0.5) is 5.69 Å². The summed E-state index contributed by atoms with van der Waals surface area (Å²) in [5, 5.41) is 4.26. The van der Waals surface area contributed by atoms with E-state index in [0.29, 0.717) is 10.7 Å². The van der Waals surface area contributed by atoms with Crippen molar-refractivity contribution in [1.82, 2.24) is 15.8 Å². The van der Waals surface area contributed by atoms with Gasteiger partial charge in [-0.25, -0.2) is 4.98 Å². The fraction of sp³-hybridized carbons (Fsp3) is 0.0455. The molecule has 4 aromatic rings. The van der Waals surface area contributed by atoms with Gasteiger partial charge in [-0.3, -0.25) is 15.6 Å². The molecule has 1 heterocycles. The lowest BCUT2D eigenvalue weighted by molar-refractivity contribution is 0.0944. The van der Waals surface area contributed by atoms with Gasteiger partial charge in [-0.15, -0.1) is 11.3 Å². The fourth-order valence-electron chi connectivity index (χ4n) is 2.74. The zero-order valence-corrected chi connectivity index (χ0v) is 17.2. The SMILES string of the molecule is Cc1ccc(NC(=S)NNC(=O)c2ccc(-c3nc4ccccc4s3)cc2)cc1. The molecule has 29 heavy (non-hydrogen) atoms. The number of rotatable bonds is 3. The van der Waals surface area contributed by atoms with Gasteiger partial charge in [0.15, 0.2) is 5.11 Å². The molecule has 0 radical (unpaired) electrons. The molecular formula is C22H18N4OS2. The molecule has 0 unspecified atom stereocenters. The maximum absolute atomic E-state index is 12.4. The van der Waals surface area contributed by atoms with Crippen molar-refractivity contribution in [3.63, 3.8) is 0 Å². The van der Waals surface area contributed by atoms with Gasteiger partial charge in [0.1, 0.15) is 5.01 Å². The normalized spacial score (nSPS) is 10.5. The van der Waals surface area contributed by atoms with Crippen molar-refractivity contribution in [2.45, 2.75) is 6.92 Å². The molecule has 5 nitrogen and oxygen atoms in total. The summed E-state index contributed by atoms with van der Waals surface area (Å²) < 4.78 is 1.14. The van der Waals surface area contributed by atoms with Crippen LogP contribution in [0.2, 0.25) is 0 Å². The number of aromatic nitrogens is 1. The fourth-order valence-corrected chi connectivity index (χ4v) is 3.88. The number of hydrogen-bond donors (Lipinski definition) is 3. The van der Waals surface area contributed by atoms with E-state index in [-0.39, 0.29) is 5.91 Å². The number of thiazole rings is 1. The van der Waals surface area contributed by atoms with E-state index in [2.05, 4.69) is 27.2 Å². The first kappa shape index (κ1) is 19.0. The second-order valence-electron chi connectivity index (χ2n) is 6.46. The molecule has 0 aliphatic heterocycles. The van der Waals surface area contributed by atoms with Gasteiger partial charge in [-0.2, -0.15) is 0 Å². The highest BCUT2D eigenvalue weighted by atomic mass is 32.1. The number of nitrogens with zero attached hydrogens (tertiary/aromatic N) is 1. The van der Waals surface area contributed by atoms with Crippen molar-refractivity contribution in [3.8, 4) is 10.6 Å². The maximum atomic E-state index is 12.4. The monoisotopic (exact) mass is 418 g/mol. The van der Waals surface area contributed by atoms with E-state index in [4.69, 9.17) is 12.2 Å². The smallest absolute Gasteiger partial charge is 0.269 e. The van der Waals surface area contributed by atoms with Crippen LogP contribution in [0.5, 0.6) is 0 Å². The van der Waals surface area contributed by atoms with Crippen molar-refractivity contribution in [3.05, 3.63) is 83.9 Å². The molecular weight excluding hydrogens is 400 g/mol. The predicted octanol–water partition coefficient (Wildman–Crippen LogP) is 4.90.